The fourth-order valence-electron chi connectivity index (χ4n) is 2.09. The first-order chi connectivity index (χ1) is 8.58. The fraction of sp³-hybridized carbons (Fsp3) is 0.769. The van der Waals surface area contributed by atoms with Crippen LogP contribution in [-0.2, 0) is 13.0 Å². The summed E-state index contributed by atoms with van der Waals surface area (Å²) in [6.45, 7) is 1.99. The molecule has 3 nitrogen and oxygen atoms in total. The van der Waals surface area contributed by atoms with Gasteiger partial charge in [0.05, 0.1) is 22.9 Å². The van der Waals surface area contributed by atoms with E-state index in [0.29, 0.717) is 4.83 Å². The van der Waals surface area contributed by atoms with Gasteiger partial charge in [0, 0.05) is 11.4 Å². The first kappa shape index (κ1) is 14.5. The lowest BCUT2D eigenvalue weighted by Gasteiger charge is -2.13. The second-order valence-electron chi connectivity index (χ2n) is 5.36. The van der Waals surface area contributed by atoms with Crippen LogP contribution in [0.5, 0.6) is 0 Å². The summed E-state index contributed by atoms with van der Waals surface area (Å²) in [6.07, 6.45) is 7.02. The van der Waals surface area contributed by atoms with E-state index < -0.39 is 0 Å². The van der Waals surface area contributed by atoms with Gasteiger partial charge in [-0.2, -0.15) is 5.10 Å². The smallest absolute Gasteiger partial charge is 0.0635 e. The molecule has 0 saturated heterocycles. The van der Waals surface area contributed by atoms with Gasteiger partial charge >= 0.3 is 0 Å². The lowest BCUT2D eigenvalue weighted by molar-refractivity contribution is 0.368. The summed E-state index contributed by atoms with van der Waals surface area (Å²) in [7, 11) is 4.19. The standard InChI is InChI=1S/C13H21Br2N3/c1-17(2)7-8-18-13(12(15)9-16-18)6-5-11(14)10-3-4-10/h9-11H,3-8H2,1-2H3. The minimum absolute atomic E-state index is 0.682. The SMILES string of the molecule is CN(C)CCn1ncc(Br)c1CCC(Br)C1CC1. The Morgan fingerprint density at radius 2 is 2.22 bits per heavy atom. The molecule has 5 heteroatoms. The summed E-state index contributed by atoms with van der Waals surface area (Å²) in [5.41, 5.74) is 1.34. The summed E-state index contributed by atoms with van der Waals surface area (Å²) in [6, 6.07) is 0. The second-order valence-corrected chi connectivity index (χ2v) is 7.39. The summed E-state index contributed by atoms with van der Waals surface area (Å²) in [5.74, 6) is 0.918. The monoisotopic (exact) mass is 377 g/mol. The Bertz CT molecular complexity index is 386. The molecule has 1 aliphatic carbocycles. The first-order valence-corrected chi connectivity index (χ1v) is 8.27. The molecule has 2 rings (SSSR count). The van der Waals surface area contributed by atoms with Crippen molar-refractivity contribution in [1.82, 2.24) is 14.7 Å². The zero-order valence-electron chi connectivity index (χ0n) is 11.1. The molecular formula is C13H21Br2N3. The molecule has 1 aromatic rings. The maximum atomic E-state index is 4.45. The van der Waals surface area contributed by atoms with Crippen LogP contribution in [0.4, 0.5) is 0 Å². The van der Waals surface area contributed by atoms with Crippen molar-refractivity contribution in [2.24, 2.45) is 5.92 Å². The molecule has 1 fully saturated rings. The van der Waals surface area contributed by atoms with Crippen molar-refractivity contribution in [3.8, 4) is 0 Å². The lowest BCUT2D eigenvalue weighted by Crippen LogP contribution is -2.20. The minimum atomic E-state index is 0.682. The average molecular weight is 379 g/mol. The van der Waals surface area contributed by atoms with Crippen molar-refractivity contribution in [1.29, 1.82) is 0 Å². The van der Waals surface area contributed by atoms with E-state index in [-0.39, 0.29) is 0 Å². The molecule has 0 radical (unpaired) electrons. The van der Waals surface area contributed by atoms with Gasteiger partial charge in [0.15, 0.2) is 0 Å². The molecule has 0 amide bonds. The predicted molar refractivity (Wildman–Crippen MR) is 82.2 cm³/mol. The summed E-state index contributed by atoms with van der Waals surface area (Å²) < 4.78 is 3.29. The maximum absolute atomic E-state index is 4.45. The predicted octanol–water partition coefficient (Wildman–Crippen LogP) is 3.31. The van der Waals surface area contributed by atoms with Crippen molar-refractivity contribution < 1.29 is 0 Å². The van der Waals surface area contributed by atoms with Crippen LogP contribution in [0.15, 0.2) is 10.7 Å². The molecule has 1 unspecified atom stereocenters. The van der Waals surface area contributed by atoms with Crippen LogP contribution in [0, 0.1) is 5.92 Å². The number of hydrogen-bond acceptors (Lipinski definition) is 2. The second kappa shape index (κ2) is 6.53. The van der Waals surface area contributed by atoms with Crippen molar-refractivity contribution in [3.05, 3.63) is 16.4 Å². The van der Waals surface area contributed by atoms with Gasteiger partial charge in [-0.3, -0.25) is 4.68 Å². The molecule has 1 aliphatic rings. The third-order valence-electron chi connectivity index (χ3n) is 3.45. The Morgan fingerprint density at radius 3 is 2.83 bits per heavy atom. The number of rotatable bonds is 7. The van der Waals surface area contributed by atoms with Crippen molar-refractivity contribution >= 4 is 31.9 Å². The third-order valence-corrected chi connectivity index (χ3v) is 5.32. The van der Waals surface area contributed by atoms with Gasteiger partial charge in [-0.15, -0.1) is 0 Å². The van der Waals surface area contributed by atoms with E-state index >= 15 is 0 Å². The van der Waals surface area contributed by atoms with Crippen LogP contribution in [-0.4, -0.2) is 40.1 Å². The molecule has 1 saturated carbocycles. The largest absolute Gasteiger partial charge is 0.308 e. The number of likely N-dealkylation sites (N-methyl/N-ethyl adjacent to an activating group) is 1. The minimum Gasteiger partial charge on any atom is -0.308 e. The first-order valence-electron chi connectivity index (χ1n) is 6.57. The Kier molecular flexibility index (Phi) is 5.27. The van der Waals surface area contributed by atoms with E-state index in [9.17, 15) is 0 Å². The average Bonchev–Trinajstić information content (AvgIpc) is 3.10. The van der Waals surface area contributed by atoms with E-state index in [1.165, 1.54) is 25.0 Å². The highest BCUT2D eigenvalue weighted by atomic mass is 79.9. The molecule has 18 heavy (non-hydrogen) atoms. The quantitative estimate of drug-likeness (QED) is 0.678. The molecule has 0 aromatic carbocycles. The summed E-state index contributed by atoms with van der Waals surface area (Å²) in [5, 5.41) is 4.45. The van der Waals surface area contributed by atoms with Crippen LogP contribution >= 0.6 is 31.9 Å². The lowest BCUT2D eigenvalue weighted by atomic mass is 10.1. The number of nitrogens with zero attached hydrogens (tertiary/aromatic N) is 3. The molecule has 0 bridgehead atoms. The van der Waals surface area contributed by atoms with E-state index in [1.54, 1.807) is 0 Å². The van der Waals surface area contributed by atoms with Gasteiger partial charge in [0.25, 0.3) is 0 Å². The van der Waals surface area contributed by atoms with Gasteiger partial charge in [0.1, 0.15) is 0 Å². The zero-order chi connectivity index (χ0) is 13.1. The number of halogens is 2. The van der Waals surface area contributed by atoms with E-state index in [2.05, 4.69) is 60.6 Å². The Balaban J connectivity index is 1.90. The zero-order valence-corrected chi connectivity index (χ0v) is 14.2. The molecule has 0 N–H and O–H groups in total. The van der Waals surface area contributed by atoms with Gasteiger partial charge in [-0.1, -0.05) is 15.9 Å². The van der Waals surface area contributed by atoms with Crippen molar-refractivity contribution in [2.45, 2.75) is 37.1 Å². The van der Waals surface area contributed by atoms with E-state index in [4.69, 9.17) is 0 Å². The van der Waals surface area contributed by atoms with Crippen LogP contribution in [0.25, 0.3) is 0 Å². The van der Waals surface area contributed by atoms with E-state index in [0.717, 1.165) is 29.9 Å². The van der Waals surface area contributed by atoms with Crippen LogP contribution in [0.1, 0.15) is 25.0 Å². The Labute approximate surface area is 126 Å². The molecule has 102 valence electrons. The van der Waals surface area contributed by atoms with Gasteiger partial charge in [-0.05, 0) is 61.6 Å². The highest BCUT2D eigenvalue weighted by Gasteiger charge is 2.29. The van der Waals surface area contributed by atoms with Crippen molar-refractivity contribution in [2.75, 3.05) is 20.6 Å². The maximum Gasteiger partial charge on any atom is 0.0635 e. The third kappa shape index (κ3) is 4.07. The molecule has 1 aromatic heterocycles. The highest BCUT2D eigenvalue weighted by Crippen LogP contribution is 2.38. The molecule has 1 atom stereocenters. The normalized spacial score (nSPS) is 17.4. The molecule has 0 spiro atoms. The van der Waals surface area contributed by atoms with Crippen LogP contribution < -0.4 is 0 Å². The topological polar surface area (TPSA) is 21.1 Å². The van der Waals surface area contributed by atoms with Crippen molar-refractivity contribution in [3.63, 3.8) is 0 Å². The number of aromatic nitrogens is 2. The fourth-order valence-corrected chi connectivity index (χ4v) is 3.34. The van der Waals surface area contributed by atoms with Gasteiger partial charge in [-0.25, -0.2) is 0 Å². The van der Waals surface area contributed by atoms with Gasteiger partial charge < -0.3 is 4.90 Å². The highest BCUT2D eigenvalue weighted by molar-refractivity contribution is 9.10. The number of hydrogen-bond donors (Lipinski definition) is 0. The molecular weight excluding hydrogens is 358 g/mol. The Morgan fingerprint density at radius 1 is 1.50 bits per heavy atom. The molecule has 0 aliphatic heterocycles. The molecule has 1 heterocycles. The number of alkyl halides is 1. The summed E-state index contributed by atoms with van der Waals surface area (Å²) in [4.78, 5) is 2.87. The summed E-state index contributed by atoms with van der Waals surface area (Å²) >= 11 is 7.42. The van der Waals surface area contributed by atoms with E-state index in [1.807, 2.05) is 6.20 Å². The van der Waals surface area contributed by atoms with Gasteiger partial charge in [0.2, 0.25) is 0 Å². The Hall–Kier alpha value is 0.130. The van der Waals surface area contributed by atoms with Crippen LogP contribution in [0.3, 0.4) is 0 Å². The van der Waals surface area contributed by atoms with Crippen LogP contribution in [0.2, 0.25) is 0 Å².